The van der Waals surface area contributed by atoms with Gasteiger partial charge in [0.2, 0.25) is 0 Å². The molecule has 0 N–H and O–H groups in total. The maximum Gasteiger partial charge on any atom is 0.326 e. The molecule has 0 saturated carbocycles. The van der Waals surface area contributed by atoms with Gasteiger partial charge in [-0.2, -0.15) is 4.99 Å². The lowest BCUT2D eigenvalue weighted by molar-refractivity contribution is -0.143. The Balaban J connectivity index is 2.05. The van der Waals surface area contributed by atoms with Crippen LogP contribution in [0.25, 0.3) is 10.2 Å². The third-order valence-corrected chi connectivity index (χ3v) is 5.87. The van der Waals surface area contributed by atoms with Gasteiger partial charge in [0, 0.05) is 17.7 Å². The molecule has 0 atom stereocenters. The highest BCUT2D eigenvalue weighted by atomic mass is 32.1. The summed E-state index contributed by atoms with van der Waals surface area (Å²) in [4.78, 5) is 30.0. The monoisotopic (exact) mass is 472 g/mol. The maximum absolute atomic E-state index is 13.0. The maximum atomic E-state index is 13.0. The predicted molar refractivity (Wildman–Crippen MR) is 126 cm³/mol. The van der Waals surface area contributed by atoms with Crippen molar-refractivity contribution in [3.8, 4) is 17.2 Å². The summed E-state index contributed by atoms with van der Waals surface area (Å²) in [6.45, 7) is 4.59. The second kappa shape index (κ2) is 11.5. The van der Waals surface area contributed by atoms with E-state index in [1.807, 2.05) is 6.07 Å². The van der Waals surface area contributed by atoms with E-state index in [9.17, 15) is 9.59 Å². The van der Waals surface area contributed by atoms with Crippen LogP contribution in [0.2, 0.25) is 0 Å². The van der Waals surface area contributed by atoms with Crippen LogP contribution in [-0.2, 0) is 16.1 Å². The number of hydrogen-bond acceptors (Lipinski definition) is 7. The predicted octanol–water partition coefficient (Wildman–Crippen LogP) is 4.20. The van der Waals surface area contributed by atoms with E-state index in [4.69, 9.17) is 18.9 Å². The van der Waals surface area contributed by atoms with E-state index in [0.29, 0.717) is 39.7 Å². The number of carbonyl (C=O) groups is 2. The molecular formula is C24H28N2O6S. The van der Waals surface area contributed by atoms with E-state index in [0.717, 1.165) is 17.5 Å². The van der Waals surface area contributed by atoms with Gasteiger partial charge in [-0.25, -0.2) is 0 Å². The topological polar surface area (TPSA) is 88.4 Å². The van der Waals surface area contributed by atoms with Crippen molar-refractivity contribution >= 4 is 33.4 Å². The summed E-state index contributed by atoms with van der Waals surface area (Å²) in [6.07, 6.45) is 1.96. The molecule has 0 radical (unpaired) electrons. The highest BCUT2D eigenvalue weighted by Crippen LogP contribution is 2.33. The molecule has 0 aliphatic rings. The summed E-state index contributed by atoms with van der Waals surface area (Å²) in [5.74, 6) is 0.820. The number of amides is 1. The SMILES string of the molecule is CCCCOc1cccc(C(=O)N=c2sc3cc(OC)c(OC)cc3n2CC(=O)OCC)c1. The molecule has 8 nitrogen and oxygen atoms in total. The number of fused-ring (bicyclic) bond motifs is 1. The van der Waals surface area contributed by atoms with Gasteiger partial charge in [0.25, 0.3) is 5.91 Å². The minimum atomic E-state index is -0.431. The second-order valence-electron chi connectivity index (χ2n) is 7.10. The third-order valence-electron chi connectivity index (χ3n) is 4.83. The third kappa shape index (κ3) is 5.92. The zero-order valence-electron chi connectivity index (χ0n) is 19.3. The lowest BCUT2D eigenvalue weighted by Gasteiger charge is -2.09. The van der Waals surface area contributed by atoms with Gasteiger partial charge in [-0.3, -0.25) is 9.59 Å². The molecule has 1 heterocycles. The van der Waals surface area contributed by atoms with Crippen LogP contribution in [0.5, 0.6) is 17.2 Å². The van der Waals surface area contributed by atoms with Crippen molar-refractivity contribution in [1.82, 2.24) is 4.57 Å². The Bertz CT molecular complexity index is 1200. The van der Waals surface area contributed by atoms with Crippen molar-refractivity contribution in [3.63, 3.8) is 0 Å². The summed E-state index contributed by atoms with van der Waals surface area (Å²) in [7, 11) is 3.09. The van der Waals surface area contributed by atoms with Crippen LogP contribution >= 0.6 is 11.3 Å². The van der Waals surface area contributed by atoms with Gasteiger partial charge in [0.05, 0.1) is 37.6 Å². The molecule has 1 aromatic heterocycles. The Kier molecular flexibility index (Phi) is 8.48. The molecule has 1 amide bonds. The molecular weight excluding hydrogens is 444 g/mol. The smallest absolute Gasteiger partial charge is 0.326 e. The molecule has 0 spiro atoms. The summed E-state index contributed by atoms with van der Waals surface area (Å²) in [5.41, 5.74) is 1.09. The minimum Gasteiger partial charge on any atom is -0.494 e. The fraction of sp³-hybridized carbons (Fsp3) is 0.375. The number of nitrogens with zero attached hydrogens (tertiary/aromatic N) is 2. The van der Waals surface area contributed by atoms with Crippen LogP contribution in [-0.4, -0.2) is 43.9 Å². The molecule has 33 heavy (non-hydrogen) atoms. The van der Waals surface area contributed by atoms with Gasteiger partial charge < -0.3 is 23.5 Å². The molecule has 3 aromatic rings. The number of esters is 1. The van der Waals surface area contributed by atoms with Crippen molar-refractivity contribution < 1.29 is 28.5 Å². The number of benzene rings is 2. The van der Waals surface area contributed by atoms with Crippen LogP contribution in [0, 0.1) is 0 Å². The van der Waals surface area contributed by atoms with Crippen LogP contribution in [0.4, 0.5) is 0 Å². The van der Waals surface area contributed by atoms with Crippen molar-refractivity contribution in [1.29, 1.82) is 0 Å². The average Bonchev–Trinajstić information content (AvgIpc) is 3.14. The van der Waals surface area contributed by atoms with E-state index >= 15 is 0 Å². The van der Waals surface area contributed by atoms with Gasteiger partial charge >= 0.3 is 5.97 Å². The highest BCUT2D eigenvalue weighted by Gasteiger charge is 2.16. The number of thiazole rings is 1. The molecule has 0 unspecified atom stereocenters. The Morgan fingerprint density at radius 1 is 1.06 bits per heavy atom. The minimum absolute atomic E-state index is 0.0877. The van der Waals surface area contributed by atoms with Crippen LogP contribution in [0.1, 0.15) is 37.0 Å². The molecule has 3 rings (SSSR count). The quantitative estimate of drug-likeness (QED) is 0.325. The van der Waals surface area contributed by atoms with Crippen molar-refractivity contribution in [3.05, 3.63) is 46.8 Å². The fourth-order valence-corrected chi connectivity index (χ4v) is 4.21. The molecule has 0 aliphatic heterocycles. The molecule has 0 bridgehead atoms. The summed E-state index contributed by atoms with van der Waals surface area (Å²) < 4.78 is 24.1. The Morgan fingerprint density at radius 3 is 2.52 bits per heavy atom. The van der Waals surface area contributed by atoms with Crippen molar-refractivity contribution in [2.75, 3.05) is 27.4 Å². The zero-order valence-corrected chi connectivity index (χ0v) is 20.1. The van der Waals surface area contributed by atoms with Crippen LogP contribution in [0.3, 0.4) is 0 Å². The molecule has 2 aromatic carbocycles. The van der Waals surface area contributed by atoms with E-state index in [1.54, 1.807) is 48.9 Å². The normalized spacial score (nSPS) is 11.5. The number of carbonyl (C=O) groups excluding carboxylic acids is 2. The van der Waals surface area contributed by atoms with Gasteiger partial charge in [-0.05, 0) is 31.5 Å². The summed E-state index contributed by atoms with van der Waals surface area (Å²) in [5, 5.41) is 0. The Morgan fingerprint density at radius 2 is 1.82 bits per heavy atom. The first-order valence-electron chi connectivity index (χ1n) is 10.7. The number of hydrogen-bond donors (Lipinski definition) is 0. The first-order chi connectivity index (χ1) is 16.0. The lowest BCUT2D eigenvalue weighted by atomic mass is 10.2. The number of ether oxygens (including phenoxy) is 4. The lowest BCUT2D eigenvalue weighted by Crippen LogP contribution is -2.23. The molecule has 0 fully saturated rings. The Labute approximate surface area is 196 Å². The van der Waals surface area contributed by atoms with Crippen molar-refractivity contribution in [2.45, 2.75) is 33.2 Å². The van der Waals surface area contributed by atoms with Crippen LogP contribution in [0.15, 0.2) is 41.4 Å². The number of unbranched alkanes of at least 4 members (excludes halogenated alkanes) is 1. The number of rotatable bonds is 10. The molecule has 0 aliphatic carbocycles. The van der Waals surface area contributed by atoms with Crippen LogP contribution < -0.4 is 19.0 Å². The summed E-state index contributed by atoms with van der Waals surface area (Å²) in [6, 6.07) is 10.5. The zero-order chi connectivity index (χ0) is 23.8. The molecule has 0 saturated heterocycles. The van der Waals surface area contributed by atoms with Gasteiger partial charge in [0.15, 0.2) is 16.3 Å². The van der Waals surface area contributed by atoms with Gasteiger partial charge in [-0.15, -0.1) is 0 Å². The first-order valence-corrected chi connectivity index (χ1v) is 11.5. The highest BCUT2D eigenvalue weighted by molar-refractivity contribution is 7.16. The average molecular weight is 473 g/mol. The largest absolute Gasteiger partial charge is 0.494 e. The summed E-state index contributed by atoms with van der Waals surface area (Å²) >= 11 is 1.28. The second-order valence-corrected chi connectivity index (χ2v) is 8.11. The Hall–Kier alpha value is -3.33. The van der Waals surface area contributed by atoms with Gasteiger partial charge in [0.1, 0.15) is 12.3 Å². The van der Waals surface area contributed by atoms with E-state index in [-0.39, 0.29) is 13.2 Å². The fourth-order valence-electron chi connectivity index (χ4n) is 3.18. The van der Waals surface area contributed by atoms with E-state index in [2.05, 4.69) is 11.9 Å². The standard InChI is InChI=1S/C24H28N2O6S/c1-5-7-11-32-17-10-8-9-16(12-17)23(28)25-24-26(15-22(27)31-6-2)18-13-19(29-3)20(30-4)14-21(18)33-24/h8-10,12-14H,5-7,11,15H2,1-4H3. The van der Waals surface area contributed by atoms with E-state index < -0.39 is 11.9 Å². The number of aromatic nitrogens is 1. The van der Waals surface area contributed by atoms with Crippen molar-refractivity contribution in [2.24, 2.45) is 4.99 Å². The first kappa shape index (κ1) is 24.3. The molecule has 176 valence electrons. The van der Waals surface area contributed by atoms with Gasteiger partial charge in [-0.1, -0.05) is 30.7 Å². The molecule has 9 heteroatoms. The number of methoxy groups -OCH3 is 2. The van der Waals surface area contributed by atoms with E-state index in [1.165, 1.54) is 18.4 Å².